The van der Waals surface area contributed by atoms with E-state index in [1.165, 1.54) is 0 Å². The summed E-state index contributed by atoms with van der Waals surface area (Å²) in [5, 5.41) is 8.91. The predicted molar refractivity (Wildman–Crippen MR) is 83.3 cm³/mol. The summed E-state index contributed by atoms with van der Waals surface area (Å²) in [6, 6.07) is 16.5. The van der Waals surface area contributed by atoms with Crippen LogP contribution in [-0.4, -0.2) is 20.6 Å². The molecule has 0 fully saturated rings. The largest absolute Gasteiger partial charge is 0.478 e. The van der Waals surface area contributed by atoms with Crippen molar-refractivity contribution in [2.24, 2.45) is 0 Å². The molecule has 0 amide bonds. The van der Waals surface area contributed by atoms with Crippen molar-refractivity contribution in [3.05, 3.63) is 71.1 Å². The fraction of sp³-hybridized carbons (Fsp3) is 0. The van der Waals surface area contributed by atoms with Gasteiger partial charge in [0.25, 0.3) is 0 Å². The smallest absolute Gasteiger partial charge is 0.335 e. The van der Waals surface area contributed by atoms with Crippen LogP contribution < -0.4 is 0 Å². The number of carboxylic acids is 1. The van der Waals surface area contributed by atoms with Crippen LogP contribution in [-0.2, 0) is 0 Å². The van der Waals surface area contributed by atoms with Crippen LogP contribution in [0.15, 0.2) is 60.8 Å². The van der Waals surface area contributed by atoms with E-state index in [1.54, 1.807) is 24.3 Å². The van der Waals surface area contributed by atoms with E-state index in [-0.39, 0.29) is 5.56 Å². The summed E-state index contributed by atoms with van der Waals surface area (Å²) in [6.45, 7) is 0. The van der Waals surface area contributed by atoms with E-state index in [2.05, 4.69) is 4.98 Å². The highest BCUT2D eigenvalue weighted by Crippen LogP contribution is 2.20. The van der Waals surface area contributed by atoms with Crippen LogP contribution in [0.1, 0.15) is 10.4 Å². The Kier molecular flexibility index (Phi) is 3.41. The molecule has 1 aromatic heterocycles. The first kappa shape index (κ1) is 13.3. The van der Waals surface area contributed by atoms with Gasteiger partial charge in [0.2, 0.25) is 0 Å². The van der Waals surface area contributed by atoms with Gasteiger partial charge in [-0.05, 0) is 42.0 Å². The molecule has 21 heavy (non-hydrogen) atoms. The summed E-state index contributed by atoms with van der Waals surface area (Å²) in [6.07, 6.45) is 1.91. The minimum absolute atomic E-state index is 0.264. The molecule has 0 aliphatic carbocycles. The van der Waals surface area contributed by atoms with Crippen molar-refractivity contribution in [1.29, 1.82) is 0 Å². The van der Waals surface area contributed by atoms with Gasteiger partial charge in [0.1, 0.15) is 0 Å². The Labute approximate surface area is 126 Å². The van der Waals surface area contributed by atoms with Crippen LogP contribution in [0.4, 0.5) is 0 Å². The van der Waals surface area contributed by atoms with Gasteiger partial charge in [0, 0.05) is 11.9 Å². The standard InChI is InChI=1S/C16H12N2O2S/c19-15(20)12-8-6-11(7-9-12)14-10-18(16(21)17-14)13-4-2-1-3-5-13/h1-10H,(H,17,21)(H,19,20). The Balaban J connectivity index is 2.01. The number of aromatic carboxylic acids is 1. The van der Waals surface area contributed by atoms with Crippen LogP contribution >= 0.6 is 12.2 Å². The SMILES string of the molecule is O=C(O)c1ccc(-c2cn(-c3ccccc3)c(=S)[nH]2)cc1. The zero-order chi connectivity index (χ0) is 14.8. The summed E-state index contributed by atoms with van der Waals surface area (Å²) in [7, 11) is 0. The number of carboxylic acid groups (broad SMARTS) is 1. The molecular formula is C16H12N2O2S. The highest BCUT2D eigenvalue weighted by atomic mass is 32.1. The molecule has 104 valence electrons. The second-order valence-corrected chi connectivity index (χ2v) is 4.95. The minimum Gasteiger partial charge on any atom is -0.478 e. The van der Waals surface area contributed by atoms with Crippen molar-refractivity contribution in [3.8, 4) is 16.9 Å². The maximum atomic E-state index is 10.9. The molecule has 0 bridgehead atoms. The van der Waals surface area contributed by atoms with E-state index < -0.39 is 5.97 Å². The number of benzene rings is 2. The third-order valence-corrected chi connectivity index (χ3v) is 3.49. The van der Waals surface area contributed by atoms with Gasteiger partial charge in [-0.3, -0.25) is 4.57 Å². The van der Waals surface area contributed by atoms with Gasteiger partial charge in [-0.15, -0.1) is 0 Å². The lowest BCUT2D eigenvalue weighted by Crippen LogP contribution is -1.94. The van der Waals surface area contributed by atoms with Crippen LogP contribution in [0.2, 0.25) is 0 Å². The van der Waals surface area contributed by atoms with Gasteiger partial charge >= 0.3 is 5.97 Å². The number of rotatable bonds is 3. The lowest BCUT2D eigenvalue weighted by atomic mass is 10.1. The van der Waals surface area contributed by atoms with Gasteiger partial charge in [-0.1, -0.05) is 30.3 Å². The highest BCUT2D eigenvalue weighted by molar-refractivity contribution is 7.71. The van der Waals surface area contributed by atoms with Gasteiger partial charge < -0.3 is 10.1 Å². The lowest BCUT2D eigenvalue weighted by Gasteiger charge is -2.01. The fourth-order valence-electron chi connectivity index (χ4n) is 2.11. The number of hydrogen-bond donors (Lipinski definition) is 2. The van der Waals surface area contributed by atoms with Gasteiger partial charge in [0.15, 0.2) is 4.77 Å². The maximum Gasteiger partial charge on any atom is 0.335 e. The van der Waals surface area contributed by atoms with E-state index in [1.807, 2.05) is 41.1 Å². The second-order valence-electron chi connectivity index (χ2n) is 4.56. The first-order valence-electron chi connectivity index (χ1n) is 6.36. The third-order valence-electron chi connectivity index (χ3n) is 3.20. The zero-order valence-electron chi connectivity index (χ0n) is 11.0. The van der Waals surface area contributed by atoms with Crippen LogP contribution in [0.5, 0.6) is 0 Å². The molecule has 2 N–H and O–H groups in total. The number of imidazole rings is 1. The number of nitrogens with zero attached hydrogens (tertiary/aromatic N) is 1. The highest BCUT2D eigenvalue weighted by Gasteiger charge is 2.06. The summed E-state index contributed by atoms with van der Waals surface area (Å²) < 4.78 is 2.48. The van der Waals surface area contributed by atoms with Crippen molar-refractivity contribution in [3.63, 3.8) is 0 Å². The molecule has 0 aliphatic heterocycles. The normalized spacial score (nSPS) is 10.5. The van der Waals surface area contributed by atoms with E-state index in [9.17, 15) is 4.79 Å². The molecule has 0 spiro atoms. The zero-order valence-corrected chi connectivity index (χ0v) is 11.8. The molecule has 4 nitrogen and oxygen atoms in total. The molecule has 3 aromatic rings. The van der Waals surface area contributed by atoms with Crippen LogP contribution in [0, 0.1) is 4.77 Å². The number of aromatic amines is 1. The van der Waals surface area contributed by atoms with Gasteiger partial charge in [-0.2, -0.15) is 0 Å². The fourth-order valence-corrected chi connectivity index (χ4v) is 2.38. The van der Waals surface area contributed by atoms with Crippen molar-refractivity contribution in [2.45, 2.75) is 0 Å². The van der Waals surface area contributed by atoms with E-state index >= 15 is 0 Å². The maximum absolute atomic E-state index is 10.9. The first-order valence-corrected chi connectivity index (χ1v) is 6.77. The minimum atomic E-state index is -0.934. The number of hydrogen-bond acceptors (Lipinski definition) is 2. The third kappa shape index (κ3) is 2.64. The Morgan fingerprint density at radius 1 is 1.05 bits per heavy atom. The number of H-pyrrole nitrogens is 1. The lowest BCUT2D eigenvalue weighted by molar-refractivity contribution is 0.0697. The molecule has 0 unspecified atom stereocenters. The Hall–Kier alpha value is -2.66. The van der Waals surface area contributed by atoms with E-state index in [0.717, 1.165) is 16.9 Å². The number of para-hydroxylation sites is 1. The molecule has 0 radical (unpaired) electrons. The first-order chi connectivity index (χ1) is 10.1. The van der Waals surface area contributed by atoms with Gasteiger partial charge in [-0.25, -0.2) is 4.79 Å². The number of nitrogens with one attached hydrogen (secondary N) is 1. The molecule has 3 rings (SSSR count). The van der Waals surface area contributed by atoms with Crippen LogP contribution in [0.3, 0.4) is 0 Å². The van der Waals surface area contributed by atoms with Crippen LogP contribution in [0.25, 0.3) is 16.9 Å². The van der Waals surface area contributed by atoms with Crippen molar-refractivity contribution in [1.82, 2.24) is 9.55 Å². The molecule has 0 atom stereocenters. The molecule has 1 heterocycles. The molecular weight excluding hydrogens is 284 g/mol. The van der Waals surface area contributed by atoms with Crippen molar-refractivity contribution in [2.75, 3.05) is 0 Å². The average Bonchev–Trinajstić information content (AvgIpc) is 2.90. The van der Waals surface area contributed by atoms with E-state index in [0.29, 0.717) is 4.77 Å². The van der Waals surface area contributed by atoms with Crippen molar-refractivity contribution < 1.29 is 9.90 Å². The topological polar surface area (TPSA) is 58.0 Å². The summed E-state index contributed by atoms with van der Waals surface area (Å²) in [5.41, 5.74) is 2.98. The molecule has 0 aliphatic rings. The quantitative estimate of drug-likeness (QED) is 0.721. The Morgan fingerprint density at radius 3 is 2.33 bits per heavy atom. The number of carbonyl (C=O) groups is 1. The van der Waals surface area contributed by atoms with Crippen molar-refractivity contribution >= 4 is 18.2 Å². The molecule has 5 heteroatoms. The Bertz CT molecular complexity index is 833. The molecule has 0 saturated carbocycles. The average molecular weight is 296 g/mol. The molecule has 0 saturated heterocycles. The van der Waals surface area contributed by atoms with E-state index in [4.69, 9.17) is 17.3 Å². The monoisotopic (exact) mass is 296 g/mol. The molecule has 2 aromatic carbocycles. The number of aromatic nitrogens is 2. The second kappa shape index (κ2) is 5.38. The predicted octanol–water partition coefficient (Wildman–Crippen LogP) is 3.90. The summed E-state index contributed by atoms with van der Waals surface area (Å²) >= 11 is 5.34. The summed E-state index contributed by atoms with van der Waals surface area (Å²) in [4.78, 5) is 14.0. The Morgan fingerprint density at radius 2 is 1.71 bits per heavy atom. The van der Waals surface area contributed by atoms with Gasteiger partial charge in [0.05, 0.1) is 11.3 Å². The summed E-state index contributed by atoms with van der Waals surface area (Å²) in [5.74, 6) is -0.934.